The Kier molecular flexibility index (Phi) is 5.17. The van der Waals surface area contributed by atoms with Crippen LogP contribution in [-0.4, -0.2) is 52.2 Å². The second-order valence-electron chi connectivity index (χ2n) is 5.55. The monoisotopic (exact) mass is 347 g/mol. The number of nitriles is 1. The predicted molar refractivity (Wildman–Crippen MR) is 87.1 cm³/mol. The number of hydrogen-bond donors (Lipinski definition) is 2. The third-order valence-electron chi connectivity index (χ3n) is 3.84. The molecule has 0 bridgehead atoms. The summed E-state index contributed by atoms with van der Waals surface area (Å²) in [4.78, 5) is 26.7. The lowest BCUT2D eigenvalue weighted by Crippen LogP contribution is -2.37. The second kappa shape index (κ2) is 7.51. The molecule has 0 aliphatic carbocycles. The molecule has 3 heterocycles. The van der Waals surface area contributed by atoms with E-state index < -0.39 is 12.1 Å². The zero-order chi connectivity index (χ0) is 16.9. The van der Waals surface area contributed by atoms with Crippen molar-refractivity contribution in [3.8, 4) is 11.9 Å². The van der Waals surface area contributed by atoms with Crippen LogP contribution in [0.25, 0.3) is 0 Å². The molecule has 8 nitrogen and oxygen atoms in total. The highest BCUT2D eigenvalue weighted by molar-refractivity contribution is 7.97. The van der Waals surface area contributed by atoms with E-state index in [4.69, 9.17) is 10.00 Å². The smallest absolute Gasteiger partial charge is 0.322 e. The minimum Gasteiger partial charge on any atom is -0.474 e. The molecule has 0 spiro atoms. The van der Waals surface area contributed by atoms with Gasteiger partial charge in [0.2, 0.25) is 5.88 Å². The molecule has 1 atom stereocenters. The fourth-order valence-corrected chi connectivity index (χ4v) is 3.59. The van der Waals surface area contributed by atoms with Crippen molar-refractivity contribution in [2.45, 2.75) is 25.0 Å². The number of carbonyl (C=O) groups is 2. The van der Waals surface area contributed by atoms with Gasteiger partial charge in [0.05, 0.1) is 5.56 Å². The first-order valence-corrected chi connectivity index (χ1v) is 8.60. The van der Waals surface area contributed by atoms with Gasteiger partial charge in [-0.1, -0.05) is 11.9 Å². The molecule has 0 radical (unpaired) electrons. The van der Waals surface area contributed by atoms with Crippen LogP contribution in [0, 0.1) is 11.3 Å². The van der Waals surface area contributed by atoms with Crippen molar-refractivity contribution >= 4 is 23.9 Å². The molecule has 126 valence electrons. The standard InChI is InChI=1S/C15H17N5O3S/c16-7-10-1-2-13(17-8-10)23-11-3-5-20(6-4-11)24-9-12-14(21)19-15(22)18-12/h1-2,8,11-12H,3-6,9H2,(H2,18,19,21,22). The van der Waals surface area contributed by atoms with E-state index in [1.807, 2.05) is 6.07 Å². The third-order valence-corrected chi connectivity index (χ3v) is 5.05. The second-order valence-corrected chi connectivity index (χ2v) is 6.66. The van der Waals surface area contributed by atoms with Crippen LogP contribution in [0.15, 0.2) is 18.3 Å². The van der Waals surface area contributed by atoms with Crippen molar-refractivity contribution in [1.82, 2.24) is 19.9 Å². The topological polar surface area (TPSA) is 107 Å². The molecule has 0 aromatic carbocycles. The molecule has 1 unspecified atom stereocenters. The van der Waals surface area contributed by atoms with Crippen LogP contribution in [-0.2, 0) is 4.79 Å². The zero-order valence-electron chi connectivity index (χ0n) is 12.9. The molecule has 2 aliphatic rings. The molecule has 2 N–H and O–H groups in total. The number of hydrogen-bond acceptors (Lipinski definition) is 7. The number of nitrogens with zero attached hydrogens (tertiary/aromatic N) is 3. The van der Waals surface area contributed by atoms with Crippen LogP contribution in [0.1, 0.15) is 18.4 Å². The van der Waals surface area contributed by atoms with Crippen LogP contribution >= 0.6 is 11.9 Å². The molecule has 3 amide bonds. The van der Waals surface area contributed by atoms with Crippen LogP contribution in [0.3, 0.4) is 0 Å². The molecule has 2 saturated heterocycles. The molecule has 2 fully saturated rings. The van der Waals surface area contributed by atoms with Gasteiger partial charge in [-0.2, -0.15) is 5.26 Å². The number of urea groups is 1. The van der Waals surface area contributed by atoms with E-state index in [1.165, 1.54) is 6.20 Å². The summed E-state index contributed by atoms with van der Waals surface area (Å²) in [5.41, 5.74) is 0.511. The summed E-state index contributed by atoms with van der Waals surface area (Å²) in [6.45, 7) is 1.68. The van der Waals surface area contributed by atoms with E-state index in [-0.39, 0.29) is 12.0 Å². The lowest BCUT2D eigenvalue weighted by atomic mass is 10.1. The number of aromatic nitrogens is 1. The molecule has 24 heavy (non-hydrogen) atoms. The Labute approximate surface area is 143 Å². The average molecular weight is 347 g/mol. The highest BCUT2D eigenvalue weighted by Gasteiger charge is 2.30. The zero-order valence-corrected chi connectivity index (χ0v) is 13.7. The Hall–Kier alpha value is -2.31. The van der Waals surface area contributed by atoms with Gasteiger partial charge in [-0.05, 0) is 18.9 Å². The summed E-state index contributed by atoms with van der Waals surface area (Å²) in [5.74, 6) is 0.795. The number of imide groups is 1. The van der Waals surface area contributed by atoms with Gasteiger partial charge in [0.1, 0.15) is 18.2 Å². The van der Waals surface area contributed by atoms with E-state index in [2.05, 4.69) is 19.9 Å². The van der Waals surface area contributed by atoms with Crippen molar-refractivity contribution in [2.75, 3.05) is 18.8 Å². The number of amides is 3. The predicted octanol–water partition coefficient (Wildman–Crippen LogP) is 0.653. The van der Waals surface area contributed by atoms with E-state index >= 15 is 0 Å². The average Bonchev–Trinajstić information content (AvgIpc) is 2.92. The van der Waals surface area contributed by atoms with Crippen LogP contribution in [0.4, 0.5) is 4.79 Å². The molecular weight excluding hydrogens is 330 g/mol. The lowest BCUT2D eigenvalue weighted by molar-refractivity contribution is -0.119. The van der Waals surface area contributed by atoms with Gasteiger partial charge in [0.25, 0.3) is 5.91 Å². The Morgan fingerprint density at radius 1 is 1.38 bits per heavy atom. The first-order chi connectivity index (χ1) is 11.6. The fraction of sp³-hybridized carbons (Fsp3) is 0.467. The van der Waals surface area contributed by atoms with Crippen molar-refractivity contribution in [3.63, 3.8) is 0 Å². The SMILES string of the molecule is N#Cc1ccc(OC2CCN(SCC3NC(=O)NC3=O)CC2)nc1. The van der Waals surface area contributed by atoms with E-state index in [9.17, 15) is 9.59 Å². The van der Waals surface area contributed by atoms with E-state index in [0.717, 1.165) is 25.9 Å². The van der Waals surface area contributed by atoms with Crippen molar-refractivity contribution in [2.24, 2.45) is 0 Å². The van der Waals surface area contributed by atoms with E-state index in [1.54, 1.807) is 24.1 Å². The summed E-state index contributed by atoms with van der Waals surface area (Å²) >= 11 is 1.56. The third kappa shape index (κ3) is 4.15. The van der Waals surface area contributed by atoms with Gasteiger partial charge in [0.15, 0.2) is 0 Å². The molecule has 9 heteroatoms. The summed E-state index contributed by atoms with van der Waals surface area (Å²) < 4.78 is 8.02. The molecule has 0 saturated carbocycles. The Morgan fingerprint density at radius 2 is 2.17 bits per heavy atom. The van der Waals surface area contributed by atoms with Crippen molar-refractivity contribution in [1.29, 1.82) is 5.26 Å². The number of nitrogens with one attached hydrogen (secondary N) is 2. The largest absolute Gasteiger partial charge is 0.474 e. The number of piperidine rings is 1. The van der Waals surface area contributed by atoms with Crippen molar-refractivity contribution in [3.05, 3.63) is 23.9 Å². The van der Waals surface area contributed by atoms with Gasteiger partial charge in [-0.3, -0.25) is 14.4 Å². The molecular formula is C15H17N5O3S. The normalized spacial score (nSPS) is 21.9. The van der Waals surface area contributed by atoms with Gasteiger partial charge < -0.3 is 10.1 Å². The minimum atomic E-state index is -0.459. The number of ether oxygens (including phenoxy) is 1. The summed E-state index contributed by atoms with van der Waals surface area (Å²) in [7, 11) is 0. The highest BCUT2D eigenvalue weighted by atomic mass is 32.2. The van der Waals surface area contributed by atoms with Gasteiger partial charge >= 0.3 is 6.03 Å². The lowest BCUT2D eigenvalue weighted by Gasteiger charge is -2.31. The van der Waals surface area contributed by atoms with Crippen molar-refractivity contribution < 1.29 is 14.3 Å². The quantitative estimate of drug-likeness (QED) is 0.595. The maximum atomic E-state index is 11.5. The maximum absolute atomic E-state index is 11.5. The van der Waals surface area contributed by atoms with Crippen LogP contribution in [0.2, 0.25) is 0 Å². The summed E-state index contributed by atoms with van der Waals surface area (Å²) in [6.07, 6.45) is 3.31. The fourth-order valence-electron chi connectivity index (χ4n) is 2.52. The Bertz CT molecular complexity index is 652. The van der Waals surface area contributed by atoms with Gasteiger partial charge in [-0.15, -0.1) is 0 Å². The number of pyridine rings is 1. The van der Waals surface area contributed by atoms with Crippen LogP contribution in [0.5, 0.6) is 5.88 Å². The maximum Gasteiger partial charge on any atom is 0.322 e. The highest BCUT2D eigenvalue weighted by Crippen LogP contribution is 2.22. The van der Waals surface area contributed by atoms with E-state index in [0.29, 0.717) is 17.2 Å². The Morgan fingerprint density at radius 3 is 2.75 bits per heavy atom. The Balaban J connectivity index is 1.40. The van der Waals surface area contributed by atoms with Gasteiger partial charge in [-0.25, -0.2) is 9.78 Å². The van der Waals surface area contributed by atoms with Crippen LogP contribution < -0.4 is 15.4 Å². The summed E-state index contributed by atoms with van der Waals surface area (Å²) in [5, 5.41) is 13.6. The molecule has 1 aromatic rings. The summed E-state index contributed by atoms with van der Waals surface area (Å²) in [6, 6.07) is 4.54. The first-order valence-electron chi connectivity index (χ1n) is 7.66. The van der Waals surface area contributed by atoms with Gasteiger partial charge in [0, 0.05) is 31.1 Å². The molecule has 1 aromatic heterocycles. The molecule has 2 aliphatic heterocycles. The first kappa shape index (κ1) is 16.5. The molecule has 3 rings (SSSR count). The minimum absolute atomic E-state index is 0.0942. The number of carbonyl (C=O) groups excluding carboxylic acids is 2. The number of rotatable bonds is 5.